The number of methoxy groups -OCH3 is 2. The van der Waals surface area contributed by atoms with E-state index in [0.717, 1.165) is 55.7 Å². The van der Waals surface area contributed by atoms with E-state index in [1.807, 2.05) is 18.2 Å². The zero-order valence-electron chi connectivity index (χ0n) is 16.1. The molecule has 0 aromatic heterocycles. The van der Waals surface area contributed by atoms with Crippen molar-refractivity contribution in [1.82, 2.24) is 15.5 Å². The summed E-state index contributed by atoms with van der Waals surface area (Å²) in [4.78, 5) is 7.02. The summed E-state index contributed by atoms with van der Waals surface area (Å²) in [5.74, 6) is 2.29. The molecule has 25 heavy (non-hydrogen) atoms. The predicted molar refractivity (Wildman–Crippen MR) is 116 cm³/mol. The van der Waals surface area contributed by atoms with Gasteiger partial charge in [-0.2, -0.15) is 0 Å². The molecule has 2 N–H and O–H groups in total. The number of nitrogens with zero attached hydrogens (tertiary/aromatic N) is 2. The highest BCUT2D eigenvalue weighted by Crippen LogP contribution is 2.27. The van der Waals surface area contributed by atoms with E-state index in [-0.39, 0.29) is 24.0 Å². The van der Waals surface area contributed by atoms with Crippen molar-refractivity contribution in [1.29, 1.82) is 0 Å². The number of aliphatic imine (C=N–C) groups is 1. The summed E-state index contributed by atoms with van der Waals surface area (Å²) in [7, 11) is 3.28. The van der Waals surface area contributed by atoms with Crippen LogP contribution in [0.3, 0.4) is 0 Å². The standard InChI is InChI=1S/C18H32N4O2.HI/c1-6-19-18(20-11-12-22(7-2)8-3)21-14-15-9-10-16(23-4)17(13-15)24-5;/h9-10,13H,6-8,11-12,14H2,1-5H3,(H2,19,20,21);1H. The first kappa shape index (κ1) is 23.8. The zero-order valence-corrected chi connectivity index (χ0v) is 18.4. The summed E-state index contributed by atoms with van der Waals surface area (Å²) >= 11 is 0. The van der Waals surface area contributed by atoms with Gasteiger partial charge >= 0.3 is 0 Å². The lowest BCUT2D eigenvalue weighted by atomic mass is 10.2. The van der Waals surface area contributed by atoms with Crippen molar-refractivity contribution in [2.24, 2.45) is 4.99 Å². The summed E-state index contributed by atoms with van der Waals surface area (Å²) < 4.78 is 10.6. The Bertz CT molecular complexity index is 508. The van der Waals surface area contributed by atoms with Crippen LogP contribution in [-0.2, 0) is 6.54 Å². The molecule has 144 valence electrons. The van der Waals surface area contributed by atoms with Crippen LogP contribution < -0.4 is 20.1 Å². The normalized spacial score (nSPS) is 11.0. The second-order valence-corrected chi connectivity index (χ2v) is 5.34. The molecule has 7 heteroatoms. The van der Waals surface area contributed by atoms with Gasteiger partial charge in [-0.1, -0.05) is 19.9 Å². The number of ether oxygens (including phenoxy) is 2. The van der Waals surface area contributed by atoms with E-state index in [9.17, 15) is 0 Å². The molecule has 0 amide bonds. The van der Waals surface area contributed by atoms with Crippen LogP contribution in [0.5, 0.6) is 11.5 Å². The van der Waals surface area contributed by atoms with Gasteiger partial charge in [-0.3, -0.25) is 0 Å². The zero-order chi connectivity index (χ0) is 17.8. The summed E-state index contributed by atoms with van der Waals surface area (Å²) in [6.45, 7) is 11.9. The Morgan fingerprint density at radius 3 is 2.28 bits per heavy atom. The summed E-state index contributed by atoms with van der Waals surface area (Å²) in [5.41, 5.74) is 1.08. The third-order valence-electron chi connectivity index (χ3n) is 3.83. The molecule has 0 radical (unpaired) electrons. The van der Waals surface area contributed by atoms with Crippen LogP contribution in [0.4, 0.5) is 0 Å². The van der Waals surface area contributed by atoms with Gasteiger partial charge in [-0.05, 0) is 37.7 Å². The molecule has 0 bridgehead atoms. The van der Waals surface area contributed by atoms with Crippen LogP contribution in [0.2, 0.25) is 0 Å². The average molecular weight is 464 g/mol. The van der Waals surface area contributed by atoms with Crippen molar-refractivity contribution in [2.45, 2.75) is 27.3 Å². The molecule has 0 unspecified atom stereocenters. The van der Waals surface area contributed by atoms with Gasteiger partial charge < -0.3 is 25.0 Å². The van der Waals surface area contributed by atoms with E-state index in [4.69, 9.17) is 9.47 Å². The number of rotatable bonds is 10. The molecule has 0 aliphatic heterocycles. The highest BCUT2D eigenvalue weighted by Gasteiger charge is 2.05. The molecule has 1 aromatic rings. The molecule has 0 fully saturated rings. The first-order chi connectivity index (χ1) is 11.7. The van der Waals surface area contributed by atoms with Crippen LogP contribution in [-0.4, -0.2) is 57.8 Å². The number of halogens is 1. The quantitative estimate of drug-likeness (QED) is 0.317. The van der Waals surface area contributed by atoms with Crippen molar-refractivity contribution in [3.05, 3.63) is 23.8 Å². The van der Waals surface area contributed by atoms with E-state index >= 15 is 0 Å². The van der Waals surface area contributed by atoms with E-state index in [2.05, 4.69) is 41.3 Å². The van der Waals surface area contributed by atoms with Crippen molar-refractivity contribution in [2.75, 3.05) is 46.9 Å². The lowest BCUT2D eigenvalue weighted by Crippen LogP contribution is -2.41. The van der Waals surface area contributed by atoms with Crippen LogP contribution in [0, 0.1) is 0 Å². The number of hydrogen-bond acceptors (Lipinski definition) is 4. The fraction of sp³-hybridized carbons (Fsp3) is 0.611. The third-order valence-corrected chi connectivity index (χ3v) is 3.83. The summed E-state index contributed by atoms with van der Waals surface area (Å²) in [6.07, 6.45) is 0. The van der Waals surface area contributed by atoms with Gasteiger partial charge in [0.25, 0.3) is 0 Å². The molecule has 0 saturated carbocycles. The Labute approximate surface area is 169 Å². The highest BCUT2D eigenvalue weighted by atomic mass is 127. The molecule has 1 rings (SSSR count). The number of likely N-dealkylation sites (N-methyl/N-ethyl adjacent to an activating group) is 1. The van der Waals surface area contributed by atoms with Gasteiger partial charge in [0, 0.05) is 19.6 Å². The highest BCUT2D eigenvalue weighted by molar-refractivity contribution is 14.0. The maximum absolute atomic E-state index is 5.34. The molecule has 0 aliphatic carbocycles. The van der Waals surface area contributed by atoms with Crippen LogP contribution in [0.1, 0.15) is 26.3 Å². The lowest BCUT2D eigenvalue weighted by Gasteiger charge is -2.19. The maximum Gasteiger partial charge on any atom is 0.191 e. The van der Waals surface area contributed by atoms with E-state index in [0.29, 0.717) is 6.54 Å². The fourth-order valence-electron chi connectivity index (χ4n) is 2.36. The topological polar surface area (TPSA) is 58.1 Å². The summed E-state index contributed by atoms with van der Waals surface area (Å²) in [5, 5.41) is 6.66. The minimum Gasteiger partial charge on any atom is -0.493 e. The van der Waals surface area contributed by atoms with Crippen molar-refractivity contribution >= 4 is 29.9 Å². The van der Waals surface area contributed by atoms with Crippen LogP contribution in [0.25, 0.3) is 0 Å². The van der Waals surface area contributed by atoms with Gasteiger partial charge in [-0.25, -0.2) is 4.99 Å². The van der Waals surface area contributed by atoms with Crippen molar-refractivity contribution in [3.8, 4) is 11.5 Å². The molecule has 0 spiro atoms. The van der Waals surface area contributed by atoms with E-state index in [1.54, 1.807) is 14.2 Å². The minimum atomic E-state index is 0. The van der Waals surface area contributed by atoms with Crippen molar-refractivity contribution in [3.63, 3.8) is 0 Å². The maximum atomic E-state index is 5.34. The van der Waals surface area contributed by atoms with Gasteiger partial charge in [0.1, 0.15) is 0 Å². The van der Waals surface area contributed by atoms with Crippen LogP contribution >= 0.6 is 24.0 Å². The van der Waals surface area contributed by atoms with E-state index < -0.39 is 0 Å². The van der Waals surface area contributed by atoms with Crippen molar-refractivity contribution < 1.29 is 9.47 Å². The molecule has 0 atom stereocenters. The fourth-order valence-corrected chi connectivity index (χ4v) is 2.36. The molecule has 0 heterocycles. The number of nitrogens with one attached hydrogen (secondary N) is 2. The van der Waals surface area contributed by atoms with Crippen LogP contribution in [0.15, 0.2) is 23.2 Å². The largest absolute Gasteiger partial charge is 0.493 e. The first-order valence-corrected chi connectivity index (χ1v) is 8.63. The molecule has 0 saturated heterocycles. The number of benzene rings is 1. The molecule has 6 nitrogen and oxygen atoms in total. The Kier molecular flexibility index (Phi) is 13.3. The van der Waals surface area contributed by atoms with E-state index in [1.165, 1.54) is 0 Å². The van der Waals surface area contributed by atoms with Gasteiger partial charge in [0.2, 0.25) is 0 Å². The Hall–Kier alpha value is -1.22. The number of hydrogen-bond donors (Lipinski definition) is 2. The monoisotopic (exact) mass is 464 g/mol. The first-order valence-electron chi connectivity index (χ1n) is 8.63. The van der Waals surface area contributed by atoms with Gasteiger partial charge in [-0.15, -0.1) is 24.0 Å². The van der Waals surface area contributed by atoms with Gasteiger partial charge in [0.05, 0.1) is 20.8 Å². The molecular formula is C18H33IN4O2. The second kappa shape index (κ2) is 14.0. The lowest BCUT2D eigenvalue weighted by molar-refractivity contribution is 0.308. The summed E-state index contributed by atoms with van der Waals surface area (Å²) in [6, 6.07) is 5.87. The van der Waals surface area contributed by atoms with Gasteiger partial charge in [0.15, 0.2) is 17.5 Å². The molecule has 0 aliphatic rings. The second-order valence-electron chi connectivity index (χ2n) is 5.34. The predicted octanol–water partition coefficient (Wildman–Crippen LogP) is 2.72. The minimum absolute atomic E-state index is 0. The molecular weight excluding hydrogens is 431 g/mol. The molecule has 1 aromatic carbocycles. The third kappa shape index (κ3) is 8.62. The Balaban J connectivity index is 0.00000576. The Morgan fingerprint density at radius 1 is 1.04 bits per heavy atom. The number of guanidine groups is 1. The smallest absolute Gasteiger partial charge is 0.191 e. The Morgan fingerprint density at radius 2 is 1.72 bits per heavy atom. The SMILES string of the molecule is CCNC(=NCc1ccc(OC)c(OC)c1)NCCN(CC)CC.I. The average Bonchev–Trinajstić information content (AvgIpc) is 2.62.